The van der Waals surface area contributed by atoms with Crippen LogP contribution in [0.3, 0.4) is 0 Å². The average Bonchev–Trinajstić information content (AvgIpc) is 2.51. The van der Waals surface area contributed by atoms with Crippen LogP contribution in [0, 0.1) is 5.82 Å². The summed E-state index contributed by atoms with van der Waals surface area (Å²) in [7, 11) is 0. The summed E-state index contributed by atoms with van der Waals surface area (Å²) in [5, 5.41) is 0. The maximum Gasteiger partial charge on any atom is 0.258 e. The van der Waals surface area contributed by atoms with Gasteiger partial charge in [0.2, 0.25) is 0 Å². The van der Waals surface area contributed by atoms with E-state index in [9.17, 15) is 14.0 Å². The van der Waals surface area contributed by atoms with Crippen LogP contribution < -0.4 is 4.90 Å². The summed E-state index contributed by atoms with van der Waals surface area (Å²) >= 11 is 3.15. The molecule has 1 aromatic carbocycles. The molecule has 0 bridgehead atoms. The Morgan fingerprint density at radius 1 is 1.13 bits per heavy atom. The van der Waals surface area contributed by atoms with E-state index in [0.29, 0.717) is 4.47 Å². The number of carbonyl (C=O) groups excluding carboxylic acids is 2. The molecule has 0 spiro atoms. The zero-order chi connectivity index (χ0) is 11.0. The first-order chi connectivity index (χ1) is 7.09. The van der Waals surface area contributed by atoms with Crippen LogP contribution in [0.1, 0.15) is 0 Å². The molecule has 5 heteroatoms. The molecule has 2 amide bonds. The number of nitrogens with zero attached hydrogens (tertiary/aromatic N) is 1. The number of halogens is 2. The van der Waals surface area contributed by atoms with Crippen LogP contribution >= 0.6 is 15.9 Å². The Morgan fingerprint density at radius 3 is 2.33 bits per heavy atom. The van der Waals surface area contributed by atoms with E-state index >= 15 is 0 Å². The maximum atomic E-state index is 13.0. The third kappa shape index (κ3) is 1.70. The fourth-order valence-electron chi connectivity index (χ4n) is 1.29. The van der Waals surface area contributed by atoms with Crippen molar-refractivity contribution in [1.82, 2.24) is 0 Å². The van der Waals surface area contributed by atoms with Crippen LogP contribution in [-0.2, 0) is 9.59 Å². The third-order valence-corrected chi connectivity index (χ3v) is 2.63. The SMILES string of the molecule is O=C1C=CC(=O)N1c1cc(F)ccc1Br. The van der Waals surface area contributed by atoms with Crippen LogP contribution in [0.25, 0.3) is 0 Å². The summed E-state index contributed by atoms with van der Waals surface area (Å²) in [4.78, 5) is 23.6. The van der Waals surface area contributed by atoms with Crippen molar-refractivity contribution in [2.75, 3.05) is 4.90 Å². The highest BCUT2D eigenvalue weighted by atomic mass is 79.9. The van der Waals surface area contributed by atoms with Crippen molar-refractivity contribution in [3.8, 4) is 0 Å². The molecule has 0 fully saturated rings. The largest absolute Gasteiger partial charge is 0.269 e. The van der Waals surface area contributed by atoms with E-state index in [1.54, 1.807) is 0 Å². The molecule has 1 aliphatic rings. The number of carbonyl (C=O) groups is 2. The molecule has 0 aliphatic carbocycles. The second-order valence-electron chi connectivity index (χ2n) is 2.94. The molecular weight excluding hydrogens is 265 g/mol. The molecule has 0 unspecified atom stereocenters. The Kier molecular flexibility index (Phi) is 2.40. The van der Waals surface area contributed by atoms with Crippen LogP contribution in [0.15, 0.2) is 34.8 Å². The summed E-state index contributed by atoms with van der Waals surface area (Å²) in [6.07, 6.45) is 2.30. The molecule has 76 valence electrons. The van der Waals surface area contributed by atoms with Crippen molar-refractivity contribution in [1.29, 1.82) is 0 Å². The van der Waals surface area contributed by atoms with Gasteiger partial charge < -0.3 is 0 Å². The quantitative estimate of drug-likeness (QED) is 0.732. The highest BCUT2D eigenvalue weighted by Crippen LogP contribution is 2.29. The molecule has 15 heavy (non-hydrogen) atoms. The molecule has 0 saturated carbocycles. The van der Waals surface area contributed by atoms with Crippen molar-refractivity contribution in [2.24, 2.45) is 0 Å². The summed E-state index contributed by atoms with van der Waals surface area (Å²) in [5.41, 5.74) is 0.218. The van der Waals surface area contributed by atoms with E-state index in [-0.39, 0.29) is 5.69 Å². The van der Waals surface area contributed by atoms with Crippen molar-refractivity contribution in [3.05, 3.63) is 40.6 Å². The van der Waals surface area contributed by atoms with Gasteiger partial charge >= 0.3 is 0 Å². The highest BCUT2D eigenvalue weighted by molar-refractivity contribution is 9.10. The third-order valence-electron chi connectivity index (χ3n) is 1.96. The monoisotopic (exact) mass is 269 g/mol. The standard InChI is InChI=1S/C10H5BrFNO2/c11-7-2-1-6(12)5-8(7)13-9(14)3-4-10(13)15/h1-5H. The van der Waals surface area contributed by atoms with E-state index in [1.807, 2.05) is 0 Å². The van der Waals surface area contributed by atoms with Gasteiger partial charge in [0.1, 0.15) is 5.82 Å². The van der Waals surface area contributed by atoms with E-state index in [1.165, 1.54) is 12.1 Å². The molecule has 1 aromatic rings. The Morgan fingerprint density at radius 2 is 1.73 bits per heavy atom. The normalized spacial score (nSPS) is 15.2. The second kappa shape index (κ2) is 3.58. The number of anilines is 1. The molecule has 1 aliphatic heterocycles. The zero-order valence-corrected chi connectivity index (χ0v) is 8.99. The topological polar surface area (TPSA) is 37.4 Å². The first-order valence-electron chi connectivity index (χ1n) is 4.11. The number of hydrogen-bond donors (Lipinski definition) is 0. The number of benzene rings is 1. The predicted molar refractivity (Wildman–Crippen MR) is 55.7 cm³/mol. The highest BCUT2D eigenvalue weighted by Gasteiger charge is 2.26. The fourth-order valence-corrected chi connectivity index (χ4v) is 1.72. The molecule has 0 saturated heterocycles. The lowest BCUT2D eigenvalue weighted by Gasteiger charge is -2.15. The summed E-state index contributed by atoms with van der Waals surface area (Å²) in [6.45, 7) is 0. The van der Waals surface area contributed by atoms with E-state index < -0.39 is 17.6 Å². The molecule has 0 atom stereocenters. The van der Waals surface area contributed by atoms with Gasteiger partial charge in [-0.1, -0.05) is 0 Å². The number of hydrogen-bond acceptors (Lipinski definition) is 2. The van der Waals surface area contributed by atoms with E-state index in [2.05, 4.69) is 15.9 Å². The van der Waals surface area contributed by atoms with Gasteiger partial charge in [0.15, 0.2) is 0 Å². The number of amides is 2. The fraction of sp³-hybridized carbons (Fsp3) is 0. The van der Waals surface area contributed by atoms with Crippen LogP contribution in [0.2, 0.25) is 0 Å². The molecule has 2 rings (SSSR count). The predicted octanol–water partition coefficient (Wildman–Crippen LogP) is 2.02. The van der Waals surface area contributed by atoms with Gasteiger partial charge in [0, 0.05) is 16.6 Å². The van der Waals surface area contributed by atoms with Crippen molar-refractivity contribution < 1.29 is 14.0 Å². The molecule has 0 radical (unpaired) electrons. The van der Waals surface area contributed by atoms with Crippen LogP contribution in [0.4, 0.5) is 10.1 Å². The van der Waals surface area contributed by atoms with Crippen molar-refractivity contribution >= 4 is 33.4 Å². The van der Waals surface area contributed by atoms with Crippen LogP contribution in [0.5, 0.6) is 0 Å². The van der Waals surface area contributed by atoms with Crippen LogP contribution in [-0.4, -0.2) is 11.8 Å². The number of imide groups is 1. The van der Waals surface area contributed by atoms with Crippen molar-refractivity contribution in [2.45, 2.75) is 0 Å². The Bertz CT molecular complexity index is 466. The Hall–Kier alpha value is -1.49. The van der Waals surface area contributed by atoms with Gasteiger partial charge in [-0.15, -0.1) is 0 Å². The second-order valence-corrected chi connectivity index (χ2v) is 3.80. The van der Waals surface area contributed by atoms with Crippen molar-refractivity contribution in [3.63, 3.8) is 0 Å². The maximum absolute atomic E-state index is 13.0. The smallest absolute Gasteiger partial charge is 0.258 e. The molecule has 0 N–H and O–H groups in total. The number of rotatable bonds is 1. The Labute approximate surface area is 93.3 Å². The zero-order valence-electron chi connectivity index (χ0n) is 7.41. The van der Waals surface area contributed by atoms with E-state index in [0.717, 1.165) is 23.1 Å². The summed E-state index contributed by atoms with van der Waals surface area (Å²) < 4.78 is 13.5. The lowest BCUT2D eigenvalue weighted by atomic mass is 10.3. The minimum absolute atomic E-state index is 0.218. The summed E-state index contributed by atoms with van der Waals surface area (Å²) in [5.74, 6) is -1.43. The first kappa shape index (κ1) is 10.0. The minimum atomic E-state index is -0.499. The van der Waals surface area contributed by atoms with Gasteiger partial charge in [-0.2, -0.15) is 0 Å². The van der Waals surface area contributed by atoms with Gasteiger partial charge in [0.05, 0.1) is 5.69 Å². The van der Waals surface area contributed by atoms with E-state index in [4.69, 9.17) is 0 Å². The minimum Gasteiger partial charge on any atom is -0.269 e. The molecule has 0 aromatic heterocycles. The van der Waals surface area contributed by atoms with Gasteiger partial charge in [-0.05, 0) is 34.1 Å². The lowest BCUT2D eigenvalue weighted by Crippen LogP contribution is -2.29. The first-order valence-corrected chi connectivity index (χ1v) is 4.90. The molecule has 1 heterocycles. The van der Waals surface area contributed by atoms with Gasteiger partial charge in [0.25, 0.3) is 11.8 Å². The Balaban J connectivity index is 2.50. The van der Waals surface area contributed by atoms with Gasteiger partial charge in [-0.3, -0.25) is 9.59 Å². The van der Waals surface area contributed by atoms with Gasteiger partial charge in [-0.25, -0.2) is 9.29 Å². The average molecular weight is 270 g/mol. The summed E-state index contributed by atoms with van der Waals surface area (Å²) in [6, 6.07) is 3.82. The molecule has 3 nitrogen and oxygen atoms in total. The molecular formula is C10H5BrFNO2. The lowest BCUT2D eigenvalue weighted by molar-refractivity contribution is -0.119.